The molecule has 3 fully saturated rings. The summed E-state index contributed by atoms with van der Waals surface area (Å²) in [5, 5.41) is 10.3. The molecule has 110 valence electrons. The summed E-state index contributed by atoms with van der Waals surface area (Å²) in [5.41, 5.74) is 0. The first-order chi connectivity index (χ1) is 9.24. The van der Waals surface area contributed by atoms with E-state index in [1.807, 2.05) is 0 Å². The molecule has 2 saturated heterocycles. The van der Waals surface area contributed by atoms with Crippen LogP contribution in [0.1, 0.15) is 51.9 Å². The van der Waals surface area contributed by atoms with Crippen LogP contribution in [-0.4, -0.2) is 59.3 Å². The van der Waals surface area contributed by atoms with E-state index in [4.69, 9.17) is 0 Å². The Hall–Kier alpha value is -0.120. The maximum atomic E-state index is 10.3. The van der Waals surface area contributed by atoms with Crippen molar-refractivity contribution in [3.8, 4) is 0 Å². The molecule has 0 aromatic heterocycles. The lowest BCUT2D eigenvalue weighted by Gasteiger charge is -2.44. The quantitative estimate of drug-likeness (QED) is 0.775. The minimum absolute atomic E-state index is 0.0451. The van der Waals surface area contributed by atoms with Gasteiger partial charge in [0.25, 0.3) is 0 Å². The molecular formula is C16H30N2O. The van der Waals surface area contributed by atoms with E-state index in [0.717, 1.165) is 19.0 Å². The number of piperazine rings is 1. The molecule has 1 saturated carbocycles. The topological polar surface area (TPSA) is 26.7 Å². The van der Waals surface area contributed by atoms with Crippen LogP contribution in [-0.2, 0) is 0 Å². The molecule has 2 aliphatic heterocycles. The second kappa shape index (κ2) is 6.11. The largest absolute Gasteiger partial charge is 0.393 e. The second-order valence-electron chi connectivity index (χ2n) is 7.06. The Morgan fingerprint density at radius 1 is 1.00 bits per heavy atom. The van der Waals surface area contributed by atoms with Gasteiger partial charge in [-0.05, 0) is 45.1 Å². The third kappa shape index (κ3) is 3.14. The molecule has 4 atom stereocenters. The smallest absolute Gasteiger partial charge is 0.0580 e. The van der Waals surface area contributed by atoms with E-state index in [2.05, 4.69) is 16.7 Å². The summed E-state index contributed by atoms with van der Waals surface area (Å²) in [6.45, 7) is 7.30. The molecule has 3 nitrogen and oxygen atoms in total. The average Bonchev–Trinajstić information content (AvgIpc) is 2.74. The lowest BCUT2D eigenvalue weighted by molar-refractivity contribution is 0.0170. The fourth-order valence-electron chi connectivity index (χ4n) is 4.38. The van der Waals surface area contributed by atoms with Gasteiger partial charge in [0.1, 0.15) is 0 Å². The van der Waals surface area contributed by atoms with Gasteiger partial charge in [0, 0.05) is 31.7 Å². The van der Waals surface area contributed by atoms with Gasteiger partial charge in [-0.1, -0.05) is 19.3 Å². The number of aliphatic hydroxyl groups excluding tert-OH is 1. The summed E-state index contributed by atoms with van der Waals surface area (Å²) >= 11 is 0. The maximum absolute atomic E-state index is 10.3. The van der Waals surface area contributed by atoms with Crippen molar-refractivity contribution in [3.05, 3.63) is 0 Å². The molecule has 1 aliphatic carbocycles. The molecule has 4 unspecified atom stereocenters. The summed E-state index contributed by atoms with van der Waals surface area (Å²) in [5.74, 6) is 0.526. The van der Waals surface area contributed by atoms with E-state index in [-0.39, 0.29) is 6.10 Å². The zero-order chi connectivity index (χ0) is 13.2. The molecule has 0 radical (unpaired) electrons. The molecule has 0 bridgehead atoms. The molecule has 0 spiro atoms. The summed E-state index contributed by atoms with van der Waals surface area (Å²) < 4.78 is 0. The van der Waals surface area contributed by atoms with Crippen LogP contribution in [0.25, 0.3) is 0 Å². The molecular weight excluding hydrogens is 236 g/mol. The van der Waals surface area contributed by atoms with Crippen LogP contribution >= 0.6 is 0 Å². The first kappa shape index (κ1) is 13.8. The van der Waals surface area contributed by atoms with Crippen molar-refractivity contribution in [1.82, 2.24) is 9.80 Å². The Labute approximate surface area is 118 Å². The third-order valence-corrected chi connectivity index (χ3v) is 5.65. The number of aliphatic hydroxyl groups is 1. The number of hydrogen-bond acceptors (Lipinski definition) is 3. The Morgan fingerprint density at radius 2 is 1.84 bits per heavy atom. The highest BCUT2D eigenvalue weighted by Crippen LogP contribution is 2.29. The van der Waals surface area contributed by atoms with Crippen molar-refractivity contribution in [3.63, 3.8) is 0 Å². The molecule has 0 aromatic carbocycles. The van der Waals surface area contributed by atoms with Crippen molar-refractivity contribution < 1.29 is 5.11 Å². The van der Waals surface area contributed by atoms with Crippen molar-refractivity contribution >= 4 is 0 Å². The zero-order valence-electron chi connectivity index (χ0n) is 12.4. The number of hydrogen-bond donors (Lipinski definition) is 1. The van der Waals surface area contributed by atoms with Crippen molar-refractivity contribution in [2.45, 2.75) is 70.1 Å². The fourth-order valence-corrected chi connectivity index (χ4v) is 4.38. The molecule has 1 N–H and O–H groups in total. The standard InChI is InChI=1S/C16H30N2O/c1-13-10-17-9-5-7-15(17)12-18(13)11-14-6-3-2-4-8-16(14)19/h13-16,19H,2-12H2,1H3. The van der Waals surface area contributed by atoms with Gasteiger partial charge in [0.2, 0.25) is 0 Å². The van der Waals surface area contributed by atoms with Crippen molar-refractivity contribution in [1.29, 1.82) is 0 Å². The predicted molar refractivity (Wildman–Crippen MR) is 78.2 cm³/mol. The SMILES string of the molecule is CC1CN2CCCC2CN1CC1CCCCCC1O. The Bertz CT molecular complexity index is 296. The van der Waals surface area contributed by atoms with Gasteiger partial charge in [0.15, 0.2) is 0 Å². The van der Waals surface area contributed by atoms with Crippen LogP contribution in [0.3, 0.4) is 0 Å². The molecule has 3 aliphatic rings. The predicted octanol–water partition coefficient (Wildman–Crippen LogP) is 2.10. The molecule has 3 rings (SSSR count). The Balaban J connectivity index is 1.58. The van der Waals surface area contributed by atoms with Gasteiger partial charge in [-0.25, -0.2) is 0 Å². The minimum atomic E-state index is -0.0451. The van der Waals surface area contributed by atoms with Crippen LogP contribution in [0, 0.1) is 5.92 Å². The third-order valence-electron chi connectivity index (χ3n) is 5.65. The van der Waals surface area contributed by atoms with Crippen LogP contribution in [0.4, 0.5) is 0 Å². The monoisotopic (exact) mass is 266 g/mol. The first-order valence-electron chi connectivity index (χ1n) is 8.40. The summed E-state index contributed by atoms with van der Waals surface area (Å²) in [4.78, 5) is 5.36. The van der Waals surface area contributed by atoms with Gasteiger partial charge in [-0.3, -0.25) is 9.80 Å². The minimum Gasteiger partial charge on any atom is -0.393 e. The highest BCUT2D eigenvalue weighted by Gasteiger charge is 2.36. The summed E-state index contributed by atoms with van der Waals surface area (Å²) in [6.07, 6.45) is 8.86. The second-order valence-corrected chi connectivity index (χ2v) is 7.06. The van der Waals surface area contributed by atoms with Gasteiger partial charge in [-0.2, -0.15) is 0 Å². The lowest BCUT2D eigenvalue weighted by Crippen LogP contribution is -2.56. The summed E-state index contributed by atoms with van der Waals surface area (Å²) in [6, 6.07) is 1.48. The van der Waals surface area contributed by atoms with Crippen molar-refractivity contribution in [2.75, 3.05) is 26.2 Å². The number of nitrogens with zero attached hydrogens (tertiary/aromatic N) is 2. The number of rotatable bonds is 2. The number of fused-ring (bicyclic) bond motifs is 1. The molecule has 2 heterocycles. The van der Waals surface area contributed by atoms with E-state index in [9.17, 15) is 5.11 Å². The van der Waals surface area contributed by atoms with E-state index in [1.165, 1.54) is 58.2 Å². The fraction of sp³-hybridized carbons (Fsp3) is 1.00. The maximum Gasteiger partial charge on any atom is 0.0580 e. The lowest BCUT2D eigenvalue weighted by atomic mass is 9.95. The first-order valence-corrected chi connectivity index (χ1v) is 8.40. The van der Waals surface area contributed by atoms with Crippen LogP contribution in [0.15, 0.2) is 0 Å². The highest BCUT2D eigenvalue weighted by molar-refractivity contribution is 4.92. The highest BCUT2D eigenvalue weighted by atomic mass is 16.3. The van der Waals surface area contributed by atoms with E-state index in [0.29, 0.717) is 12.0 Å². The van der Waals surface area contributed by atoms with E-state index < -0.39 is 0 Å². The van der Waals surface area contributed by atoms with Gasteiger partial charge in [-0.15, -0.1) is 0 Å². The average molecular weight is 266 g/mol. The molecule has 19 heavy (non-hydrogen) atoms. The summed E-state index contributed by atoms with van der Waals surface area (Å²) in [7, 11) is 0. The van der Waals surface area contributed by atoms with Crippen molar-refractivity contribution in [2.24, 2.45) is 5.92 Å². The van der Waals surface area contributed by atoms with E-state index >= 15 is 0 Å². The zero-order valence-corrected chi connectivity index (χ0v) is 12.4. The van der Waals surface area contributed by atoms with Crippen LogP contribution < -0.4 is 0 Å². The van der Waals surface area contributed by atoms with Gasteiger partial charge in [0.05, 0.1) is 6.10 Å². The Morgan fingerprint density at radius 3 is 2.74 bits per heavy atom. The van der Waals surface area contributed by atoms with Crippen LogP contribution in [0.2, 0.25) is 0 Å². The molecule has 3 heteroatoms. The van der Waals surface area contributed by atoms with Crippen LogP contribution in [0.5, 0.6) is 0 Å². The van der Waals surface area contributed by atoms with Gasteiger partial charge >= 0.3 is 0 Å². The van der Waals surface area contributed by atoms with Gasteiger partial charge < -0.3 is 5.11 Å². The normalized spacial score (nSPS) is 42.0. The molecule has 0 amide bonds. The van der Waals surface area contributed by atoms with E-state index in [1.54, 1.807) is 0 Å². The molecule has 0 aromatic rings. The Kier molecular flexibility index (Phi) is 4.45.